The van der Waals surface area contributed by atoms with Gasteiger partial charge in [0.25, 0.3) is 17.7 Å². The van der Waals surface area contributed by atoms with E-state index >= 15 is 0 Å². The molecule has 1 atom stereocenters. The molecule has 1 unspecified atom stereocenters. The number of imide groups is 1. The molecule has 0 saturated carbocycles. The highest BCUT2D eigenvalue weighted by molar-refractivity contribution is 6.34. The molecule has 0 aliphatic carbocycles. The normalized spacial score (nSPS) is 14.0. The van der Waals surface area contributed by atoms with Gasteiger partial charge in [-0.05, 0) is 56.5 Å². The second kappa shape index (κ2) is 9.53. The van der Waals surface area contributed by atoms with E-state index in [2.05, 4.69) is 10.6 Å². The molecule has 0 aromatic heterocycles. The first kappa shape index (κ1) is 23.5. The maximum Gasteiger partial charge on any atom is 0.262 e. The maximum atomic E-state index is 13.3. The Hall–Kier alpha value is -3.19. The standard InChI is InChI=1S/C24H26ClN3O4/c1-13(2)11-20(28-23(31)16-7-5-6-8-17(16)24(28)32)22(30)27-19-12-15(9-10-18(19)25)21(29)26-14(3)4/h5-10,12-14,20H,11H2,1-4H3,(H,26,29)(H,27,30). The van der Waals surface area contributed by atoms with Crippen molar-refractivity contribution >= 4 is 40.9 Å². The second-order valence-corrected chi connectivity index (χ2v) is 8.89. The molecule has 7 nitrogen and oxygen atoms in total. The van der Waals surface area contributed by atoms with Crippen LogP contribution in [0.1, 0.15) is 65.2 Å². The Labute approximate surface area is 192 Å². The Morgan fingerprint density at radius 3 is 2.09 bits per heavy atom. The predicted molar refractivity (Wildman–Crippen MR) is 123 cm³/mol. The Kier molecular flexibility index (Phi) is 6.99. The van der Waals surface area contributed by atoms with E-state index in [0.717, 1.165) is 4.90 Å². The van der Waals surface area contributed by atoms with E-state index in [0.29, 0.717) is 5.56 Å². The topological polar surface area (TPSA) is 95.6 Å². The number of carbonyl (C=O) groups excluding carboxylic acids is 4. The van der Waals surface area contributed by atoms with Gasteiger partial charge in [0.2, 0.25) is 5.91 Å². The number of carbonyl (C=O) groups is 4. The first-order valence-electron chi connectivity index (χ1n) is 10.5. The summed E-state index contributed by atoms with van der Waals surface area (Å²) < 4.78 is 0. The average molecular weight is 456 g/mol. The number of halogens is 1. The van der Waals surface area contributed by atoms with E-state index in [4.69, 9.17) is 11.6 Å². The Balaban J connectivity index is 1.89. The molecule has 0 bridgehead atoms. The number of amides is 4. The summed E-state index contributed by atoms with van der Waals surface area (Å²) in [7, 11) is 0. The quantitative estimate of drug-likeness (QED) is 0.613. The van der Waals surface area contributed by atoms with E-state index in [1.807, 2.05) is 27.7 Å². The van der Waals surface area contributed by atoms with Crippen molar-refractivity contribution in [1.29, 1.82) is 0 Å². The van der Waals surface area contributed by atoms with Gasteiger partial charge in [0.15, 0.2) is 0 Å². The van der Waals surface area contributed by atoms with Crippen LogP contribution in [0.5, 0.6) is 0 Å². The van der Waals surface area contributed by atoms with Gasteiger partial charge in [0.1, 0.15) is 6.04 Å². The first-order valence-corrected chi connectivity index (χ1v) is 10.9. The van der Waals surface area contributed by atoms with Crippen LogP contribution in [0.25, 0.3) is 0 Å². The van der Waals surface area contributed by atoms with Crippen LogP contribution in [-0.4, -0.2) is 40.6 Å². The van der Waals surface area contributed by atoms with Gasteiger partial charge < -0.3 is 10.6 Å². The largest absolute Gasteiger partial charge is 0.350 e. The van der Waals surface area contributed by atoms with Gasteiger partial charge in [-0.1, -0.05) is 37.6 Å². The lowest BCUT2D eigenvalue weighted by Gasteiger charge is -2.27. The number of nitrogens with zero attached hydrogens (tertiary/aromatic N) is 1. The molecule has 8 heteroatoms. The molecular weight excluding hydrogens is 430 g/mol. The van der Waals surface area contributed by atoms with Gasteiger partial charge in [0, 0.05) is 11.6 Å². The molecule has 1 aliphatic rings. The van der Waals surface area contributed by atoms with Gasteiger partial charge in [-0.3, -0.25) is 24.1 Å². The number of benzene rings is 2. The molecule has 0 fully saturated rings. The van der Waals surface area contributed by atoms with Gasteiger partial charge >= 0.3 is 0 Å². The van der Waals surface area contributed by atoms with Crippen molar-refractivity contribution in [3.8, 4) is 0 Å². The average Bonchev–Trinajstić information content (AvgIpc) is 2.97. The monoisotopic (exact) mass is 455 g/mol. The minimum Gasteiger partial charge on any atom is -0.350 e. The zero-order valence-corrected chi connectivity index (χ0v) is 19.2. The summed E-state index contributed by atoms with van der Waals surface area (Å²) >= 11 is 6.26. The van der Waals surface area contributed by atoms with Gasteiger partial charge in [-0.15, -0.1) is 0 Å². The highest BCUT2D eigenvalue weighted by Gasteiger charge is 2.42. The molecule has 1 heterocycles. The fourth-order valence-corrected chi connectivity index (χ4v) is 3.76. The van der Waals surface area contributed by atoms with Crippen molar-refractivity contribution in [2.24, 2.45) is 5.92 Å². The molecule has 2 aromatic rings. The van der Waals surface area contributed by atoms with Crippen molar-refractivity contribution in [1.82, 2.24) is 10.2 Å². The Morgan fingerprint density at radius 1 is 0.969 bits per heavy atom. The van der Waals surface area contributed by atoms with Crippen molar-refractivity contribution < 1.29 is 19.2 Å². The van der Waals surface area contributed by atoms with E-state index in [1.165, 1.54) is 12.1 Å². The van der Waals surface area contributed by atoms with Crippen LogP contribution in [0.4, 0.5) is 5.69 Å². The molecule has 2 aromatic carbocycles. The minimum absolute atomic E-state index is 0.0358. The third-order valence-electron chi connectivity index (χ3n) is 5.04. The maximum absolute atomic E-state index is 13.3. The van der Waals surface area contributed by atoms with Gasteiger partial charge in [-0.2, -0.15) is 0 Å². The van der Waals surface area contributed by atoms with Gasteiger partial charge in [-0.25, -0.2) is 0 Å². The summed E-state index contributed by atoms with van der Waals surface area (Å²) in [6.07, 6.45) is 0.280. The Morgan fingerprint density at radius 2 is 1.56 bits per heavy atom. The number of nitrogens with one attached hydrogen (secondary N) is 2. The van der Waals surface area contributed by atoms with E-state index in [-0.39, 0.29) is 46.1 Å². The smallest absolute Gasteiger partial charge is 0.262 e. The third-order valence-corrected chi connectivity index (χ3v) is 5.37. The number of fused-ring (bicyclic) bond motifs is 1. The van der Waals surface area contributed by atoms with Crippen LogP contribution < -0.4 is 10.6 Å². The van der Waals surface area contributed by atoms with Crippen LogP contribution >= 0.6 is 11.6 Å². The third kappa shape index (κ3) is 4.83. The molecule has 2 N–H and O–H groups in total. The van der Waals surface area contributed by atoms with Gasteiger partial charge in [0.05, 0.1) is 21.8 Å². The number of hydrogen-bond donors (Lipinski definition) is 2. The lowest BCUT2D eigenvalue weighted by molar-refractivity contribution is -0.120. The molecule has 168 valence electrons. The fourth-order valence-electron chi connectivity index (χ4n) is 3.59. The van der Waals surface area contributed by atoms with Crippen LogP contribution in [0, 0.1) is 5.92 Å². The molecular formula is C24H26ClN3O4. The molecule has 4 amide bonds. The van der Waals surface area contributed by atoms with Crippen LogP contribution in [0.15, 0.2) is 42.5 Å². The van der Waals surface area contributed by atoms with Crippen molar-refractivity contribution in [3.63, 3.8) is 0 Å². The van der Waals surface area contributed by atoms with E-state index < -0.39 is 23.8 Å². The summed E-state index contributed by atoms with van der Waals surface area (Å²) in [5.41, 5.74) is 1.13. The molecule has 0 saturated heterocycles. The molecule has 1 aliphatic heterocycles. The van der Waals surface area contributed by atoms with Crippen molar-refractivity contribution in [3.05, 3.63) is 64.2 Å². The highest BCUT2D eigenvalue weighted by atomic mass is 35.5. The molecule has 3 rings (SSSR count). The first-order chi connectivity index (χ1) is 15.1. The summed E-state index contributed by atoms with van der Waals surface area (Å²) in [6, 6.07) is 9.99. The minimum atomic E-state index is -1.02. The van der Waals surface area contributed by atoms with E-state index in [9.17, 15) is 19.2 Å². The van der Waals surface area contributed by atoms with Crippen LogP contribution in [0.3, 0.4) is 0 Å². The highest BCUT2D eigenvalue weighted by Crippen LogP contribution is 2.29. The SMILES string of the molecule is CC(C)CC(C(=O)Nc1cc(C(=O)NC(C)C)ccc1Cl)N1C(=O)c2ccccc2C1=O. The Bertz CT molecular complexity index is 1050. The number of anilines is 1. The summed E-state index contributed by atoms with van der Waals surface area (Å²) in [5.74, 6) is -1.80. The van der Waals surface area contributed by atoms with Crippen LogP contribution in [0.2, 0.25) is 5.02 Å². The van der Waals surface area contributed by atoms with E-state index in [1.54, 1.807) is 30.3 Å². The lowest BCUT2D eigenvalue weighted by atomic mass is 10.0. The lowest BCUT2D eigenvalue weighted by Crippen LogP contribution is -2.48. The fraction of sp³-hybridized carbons (Fsp3) is 0.333. The summed E-state index contributed by atoms with van der Waals surface area (Å²) in [6.45, 7) is 7.49. The molecule has 0 radical (unpaired) electrons. The summed E-state index contributed by atoms with van der Waals surface area (Å²) in [5, 5.41) is 5.73. The van der Waals surface area contributed by atoms with Crippen molar-refractivity contribution in [2.75, 3.05) is 5.32 Å². The number of rotatable bonds is 7. The molecule has 0 spiro atoms. The van der Waals surface area contributed by atoms with Crippen LogP contribution in [-0.2, 0) is 4.79 Å². The predicted octanol–water partition coefficient (Wildman–Crippen LogP) is 4.13. The van der Waals surface area contributed by atoms with Crippen molar-refractivity contribution in [2.45, 2.75) is 46.2 Å². The zero-order valence-electron chi connectivity index (χ0n) is 18.4. The number of hydrogen-bond acceptors (Lipinski definition) is 4. The second-order valence-electron chi connectivity index (χ2n) is 8.48. The molecule has 32 heavy (non-hydrogen) atoms. The zero-order chi connectivity index (χ0) is 23.6. The summed E-state index contributed by atoms with van der Waals surface area (Å²) in [4.78, 5) is 52.5.